The van der Waals surface area contributed by atoms with Crippen molar-refractivity contribution in [2.24, 2.45) is 4.99 Å². The van der Waals surface area contributed by atoms with Gasteiger partial charge < -0.3 is 9.67 Å². The molecule has 0 saturated heterocycles. The number of nitrogens with zero attached hydrogens (tertiary/aromatic N) is 2. The molecule has 0 unspecified atom stereocenters. The molecule has 0 aliphatic rings. The molecule has 1 heterocycles. The molecule has 4 heteroatoms. The highest BCUT2D eigenvalue weighted by molar-refractivity contribution is 6.30. The Labute approximate surface area is 197 Å². The molecule has 0 aliphatic heterocycles. The van der Waals surface area contributed by atoms with Gasteiger partial charge in [-0.1, -0.05) is 78.3 Å². The summed E-state index contributed by atoms with van der Waals surface area (Å²) in [5, 5.41) is 10.5. The second-order valence-electron chi connectivity index (χ2n) is 7.66. The molecule has 0 atom stereocenters. The molecular formula is C29H21ClN2O. The predicted molar refractivity (Wildman–Crippen MR) is 137 cm³/mol. The summed E-state index contributed by atoms with van der Waals surface area (Å²) in [4.78, 5) is 4.66. The Morgan fingerprint density at radius 1 is 0.697 bits per heavy atom. The topological polar surface area (TPSA) is 37.5 Å². The van der Waals surface area contributed by atoms with Crippen LogP contribution in [0.3, 0.4) is 0 Å². The fraction of sp³-hybridized carbons (Fsp3) is 0. The minimum atomic E-state index is 0.191. The Kier molecular flexibility index (Phi) is 5.79. The number of hydrogen-bond acceptors (Lipinski definition) is 2. The van der Waals surface area contributed by atoms with Crippen LogP contribution in [0.25, 0.3) is 28.2 Å². The van der Waals surface area contributed by atoms with Gasteiger partial charge in [0.1, 0.15) is 5.75 Å². The Morgan fingerprint density at radius 3 is 2.03 bits per heavy atom. The number of phenols is 1. The summed E-state index contributed by atoms with van der Waals surface area (Å²) < 4.78 is 2.24. The van der Waals surface area contributed by atoms with Gasteiger partial charge in [-0.15, -0.1) is 0 Å². The highest BCUT2D eigenvalue weighted by atomic mass is 35.5. The third-order valence-electron chi connectivity index (χ3n) is 5.41. The van der Waals surface area contributed by atoms with Crippen LogP contribution >= 0.6 is 11.6 Å². The average Bonchev–Trinajstić information content (AvgIpc) is 3.24. The van der Waals surface area contributed by atoms with Crippen molar-refractivity contribution < 1.29 is 5.11 Å². The van der Waals surface area contributed by atoms with Crippen LogP contribution in [0.1, 0.15) is 5.56 Å². The smallest absolute Gasteiger partial charge is 0.117 e. The fourth-order valence-corrected chi connectivity index (χ4v) is 4.04. The number of aromatic hydroxyl groups is 1. The van der Waals surface area contributed by atoms with Crippen molar-refractivity contribution in [3.05, 3.63) is 126 Å². The van der Waals surface area contributed by atoms with Gasteiger partial charge in [0.15, 0.2) is 0 Å². The van der Waals surface area contributed by atoms with Crippen LogP contribution < -0.4 is 0 Å². The summed E-state index contributed by atoms with van der Waals surface area (Å²) in [5.74, 6) is 0.191. The quantitative estimate of drug-likeness (QED) is 0.272. The second kappa shape index (κ2) is 9.19. The molecule has 0 amide bonds. The Morgan fingerprint density at radius 2 is 1.36 bits per heavy atom. The summed E-state index contributed by atoms with van der Waals surface area (Å²) in [6.07, 6.45) is 1.86. The van der Waals surface area contributed by atoms with E-state index in [2.05, 4.69) is 39.9 Å². The third kappa shape index (κ3) is 4.45. The minimum absolute atomic E-state index is 0.191. The van der Waals surface area contributed by atoms with Crippen molar-refractivity contribution in [3.8, 4) is 34.0 Å². The molecule has 0 radical (unpaired) electrons. The van der Waals surface area contributed by atoms with Crippen molar-refractivity contribution >= 4 is 23.5 Å². The normalized spacial score (nSPS) is 11.2. The largest absolute Gasteiger partial charge is 0.508 e. The van der Waals surface area contributed by atoms with Gasteiger partial charge in [-0.3, -0.25) is 4.99 Å². The number of phenolic OH excluding ortho intramolecular Hbond substituents is 1. The van der Waals surface area contributed by atoms with Crippen LogP contribution in [-0.2, 0) is 0 Å². The zero-order chi connectivity index (χ0) is 22.6. The van der Waals surface area contributed by atoms with E-state index in [0.717, 1.165) is 33.8 Å². The van der Waals surface area contributed by atoms with Gasteiger partial charge in [0.2, 0.25) is 0 Å². The van der Waals surface area contributed by atoms with Gasteiger partial charge in [0.05, 0.1) is 17.1 Å². The standard InChI is InChI=1S/C29H21ClN2O/c30-24-14-16-26(17-15-24)32-28(21-8-3-1-4-9-21)18-23(29(32)22-10-5-2-6-11-22)20-31-25-12-7-13-27(33)19-25/h1-20,33H. The van der Waals surface area contributed by atoms with Crippen LogP contribution in [-0.4, -0.2) is 15.9 Å². The molecule has 0 saturated carbocycles. The molecule has 5 aromatic rings. The molecule has 1 aromatic heterocycles. The van der Waals surface area contributed by atoms with Crippen molar-refractivity contribution in [2.75, 3.05) is 0 Å². The van der Waals surface area contributed by atoms with Crippen molar-refractivity contribution in [1.29, 1.82) is 0 Å². The van der Waals surface area contributed by atoms with Gasteiger partial charge in [0, 0.05) is 28.6 Å². The molecule has 4 aromatic carbocycles. The van der Waals surface area contributed by atoms with Crippen molar-refractivity contribution in [3.63, 3.8) is 0 Å². The van der Waals surface area contributed by atoms with E-state index in [1.807, 2.05) is 72.9 Å². The van der Waals surface area contributed by atoms with Crippen LogP contribution in [0.2, 0.25) is 5.02 Å². The van der Waals surface area contributed by atoms with Crippen LogP contribution in [0, 0.1) is 0 Å². The maximum absolute atomic E-state index is 9.82. The summed E-state index contributed by atoms with van der Waals surface area (Å²) in [5.41, 5.74) is 6.92. The molecule has 33 heavy (non-hydrogen) atoms. The molecule has 3 nitrogen and oxygen atoms in total. The number of hydrogen-bond donors (Lipinski definition) is 1. The second-order valence-corrected chi connectivity index (χ2v) is 8.09. The van der Waals surface area contributed by atoms with E-state index in [-0.39, 0.29) is 5.75 Å². The Hall–Kier alpha value is -4.08. The maximum atomic E-state index is 9.82. The molecule has 0 spiro atoms. The Balaban J connectivity index is 1.77. The lowest BCUT2D eigenvalue weighted by Crippen LogP contribution is -2.00. The highest BCUT2D eigenvalue weighted by Gasteiger charge is 2.18. The zero-order valence-electron chi connectivity index (χ0n) is 17.8. The van der Waals surface area contributed by atoms with Crippen LogP contribution in [0.4, 0.5) is 5.69 Å². The van der Waals surface area contributed by atoms with E-state index in [4.69, 9.17) is 11.6 Å². The van der Waals surface area contributed by atoms with Gasteiger partial charge >= 0.3 is 0 Å². The van der Waals surface area contributed by atoms with Crippen LogP contribution in [0.15, 0.2) is 120 Å². The lowest BCUT2D eigenvalue weighted by Gasteiger charge is -2.15. The average molecular weight is 449 g/mol. The van der Waals surface area contributed by atoms with E-state index >= 15 is 0 Å². The molecular weight excluding hydrogens is 428 g/mol. The van der Waals surface area contributed by atoms with Gasteiger partial charge in [0.25, 0.3) is 0 Å². The maximum Gasteiger partial charge on any atom is 0.117 e. The first-order valence-electron chi connectivity index (χ1n) is 10.6. The van der Waals surface area contributed by atoms with Gasteiger partial charge in [-0.05, 0) is 53.6 Å². The summed E-state index contributed by atoms with van der Waals surface area (Å²) in [6, 6.07) is 37.5. The minimum Gasteiger partial charge on any atom is -0.508 e. The first kappa shape index (κ1) is 20.8. The first-order chi connectivity index (χ1) is 16.2. The monoisotopic (exact) mass is 448 g/mol. The molecule has 0 fully saturated rings. The first-order valence-corrected chi connectivity index (χ1v) is 11.0. The number of aromatic nitrogens is 1. The third-order valence-corrected chi connectivity index (χ3v) is 5.67. The van der Waals surface area contributed by atoms with E-state index in [9.17, 15) is 5.11 Å². The molecule has 160 valence electrons. The van der Waals surface area contributed by atoms with Gasteiger partial charge in [-0.25, -0.2) is 0 Å². The fourth-order valence-electron chi connectivity index (χ4n) is 3.92. The summed E-state index contributed by atoms with van der Waals surface area (Å²) in [7, 11) is 0. The molecule has 0 bridgehead atoms. The molecule has 5 rings (SSSR count). The highest BCUT2D eigenvalue weighted by Crippen LogP contribution is 2.36. The number of halogens is 1. The van der Waals surface area contributed by atoms with Crippen molar-refractivity contribution in [1.82, 2.24) is 4.57 Å². The number of rotatable bonds is 5. The van der Waals surface area contributed by atoms with E-state index in [0.29, 0.717) is 10.7 Å². The van der Waals surface area contributed by atoms with Gasteiger partial charge in [-0.2, -0.15) is 0 Å². The predicted octanol–water partition coefficient (Wildman–Crippen LogP) is 7.92. The zero-order valence-corrected chi connectivity index (χ0v) is 18.5. The van der Waals surface area contributed by atoms with Crippen LogP contribution in [0.5, 0.6) is 5.75 Å². The van der Waals surface area contributed by atoms with E-state index in [1.165, 1.54) is 0 Å². The van der Waals surface area contributed by atoms with Crippen molar-refractivity contribution in [2.45, 2.75) is 0 Å². The lowest BCUT2D eigenvalue weighted by molar-refractivity contribution is 0.475. The van der Waals surface area contributed by atoms with E-state index in [1.54, 1.807) is 18.2 Å². The van der Waals surface area contributed by atoms with E-state index < -0.39 is 0 Å². The summed E-state index contributed by atoms with van der Waals surface area (Å²) in [6.45, 7) is 0. The summed E-state index contributed by atoms with van der Waals surface area (Å²) >= 11 is 6.20. The Bertz CT molecular complexity index is 1410. The lowest BCUT2D eigenvalue weighted by atomic mass is 10.1. The SMILES string of the molecule is Oc1cccc(N=Cc2cc(-c3ccccc3)n(-c3ccc(Cl)cc3)c2-c2ccccc2)c1. The number of aliphatic imine (C=N–C) groups is 1. The number of benzene rings is 4. The molecule has 0 aliphatic carbocycles. The molecule has 1 N–H and O–H groups in total.